The van der Waals surface area contributed by atoms with Crippen LogP contribution in [0.5, 0.6) is 5.75 Å². The van der Waals surface area contributed by atoms with Crippen LogP contribution in [0.15, 0.2) is 71.6 Å². The van der Waals surface area contributed by atoms with Crippen LogP contribution in [0, 0.1) is 6.92 Å². The summed E-state index contributed by atoms with van der Waals surface area (Å²) < 4.78 is 34.5. The Morgan fingerprint density at radius 2 is 1.54 bits per heavy atom. The van der Waals surface area contributed by atoms with Crippen molar-refractivity contribution in [2.45, 2.75) is 51.6 Å². The molecule has 1 N–H and O–H groups in total. The van der Waals surface area contributed by atoms with E-state index in [1.54, 1.807) is 68.4 Å². The molecule has 220 valence electrons. The molecule has 0 aliphatic heterocycles. The quantitative estimate of drug-likeness (QED) is 0.259. The Hall–Kier alpha value is -3.27. The number of anilines is 1. The third-order valence-corrected chi connectivity index (χ3v) is 8.95. The Balaban J connectivity index is 2.10. The summed E-state index contributed by atoms with van der Waals surface area (Å²) in [6, 6.07) is 16.9. The van der Waals surface area contributed by atoms with E-state index in [0.717, 1.165) is 9.87 Å². The van der Waals surface area contributed by atoms with Crippen LogP contribution in [-0.2, 0) is 26.2 Å². The minimum absolute atomic E-state index is 0.0289. The highest BCUT2D eigenvalue weighted by Crippen LogP contribution is 2.29. The number of carbonyl (C=O) groups is 2. The number of hydrogen-bond acceptors (Lipinski definition) is 5. The van der Waals surface area contributed by atoms with Crippen LogP contribution in [-0.4, -0.2) is 50.9 Å². The zero-order valence-electron chi connectivity index (χ0n) is 23.6. The maximum Gasteiger partial charge on any atom is 0.264 e. The van der Waals surface area contributed by atoms with Gasteiger partial charge in [0.2, 0.25) is 11.8 Å². The Morgan fingerprint density at radius 3 is 2.07 bits per heavy atom. The Labute approximate surface area is 252 Å². The largest absolute Gasteiger partial charge is 0.494 e. The molecular formula is C30H35Cl2N3O5S. The number of rotatable bonds is 13. The lowest BCUT2D eigenvalue weighted by Crippen LogP contribution is -2.52. The summed E-state index contributed by atoms with van der Waals surface area (Å²) in [7, 11) is -4.18. The van der Waals surface area contributed by atoms with Gasteiger partial charge < -0.3 is 15.0 Å². The molecule has 41 heavy (non-hydrogen) atoms. The summed E-state index contributed by atoms with van der Waals surface area (Å²) in [6.07, 6.45) is 0.285. The van der Waals surface area contributed by atoms with Gasteiger partial charge in [0.25, 0.3) is 10.0 Å². The number of ether oxygens (including phenoxy) is 1. The number of aryl methyl sites for hydroxylation is 1. The highest BCUT2D eigenvalue weighted by molar-refractivity contribution is 7.92. The van der Waals surface area contributed by atoms with E-state index >= 15 is 0 Å². The first-order valence-electron chi connectivity index (χ1n) is 13.4. The molecule has 0 saturated carbocycles. The van der Waals surface area contributed by atoms with Crippen LogP contribution in [0.3, 0.4) is 0 Å². The summed E-state index contributed by atoms with van der Waals surface area (Å²) in [5.41, 5.74) is 1.62. The van der Waals surface area contributed by atoms with Crippen molar-refractivity contribution >= 4 is 50.7 Å². The first kappa shape index (κ1) is 32.2. The molecule has 0 saturated heterocycles. The number of halogens is 2. The van der Waals surface area contributed by atoms with Crippen LogP contribution in [0.2, 0.25) is 10.0 Å². The van der Waals surface area contributed by atoms with Gasteiger partial charge >= 0.3 is 0 Å². The zero-order chi connectivity index (χ0) is 30.2. The number of nitrogens with zero attached hydrogens (tertiary/aromatic N) is 2. The molecule has 3 aromatic carbocycles. The first-order valence-corrected chi connectivity index (χ1v) is 15.5. The molecule has 0 heterocycles. The van der Waals surface area contributed by atoms with E-state index < -0.39 is 28.5 Å². The number of nitrogens with one attached hydrogen (secondary N) is 1. The summed E-state index contributed by atoms with van der Waals surface area (Å²) in [5.74, 6) is -0.392. The van der Waals surface area contributed by atoms with E-state index in [0.29, 0.717) is 34.5 Å². The van der Waals surface area contributed by atoms with Gasteiger partial charge in [-0.2, -0.15) is 0 Å². The summed E-state index contributed by atoms with van der Waals surface area (Å²) >= 11 is 12.9. The van der Waals surface area contributed by atoms with Gasteiger partial charge in [0.1, 0.15) is 18.3 Å². The second-order valence-electron chi connectivity index (χ2n) is 9.29. The van der Waals surface area contributed by atoms with Crippen molar-refractivity contribution in [3.05, 3.63) is 87.9 Å². The number of amides is 2. The molecule has 0 bridgehead atoms. The third-order valence-electron chi connectivity index (χ3n) is 6.45. The second-order valence-corrected chi connectivity index (χ2v) is 12.0. The van der Waals surface area contributed by atoms with Crippen molar-refractivity contribution in [2.24, 2.45) is 0 Å². The fraction of sp³-hybridized carbons (Fsp3) is 0.333. The molecular weight excluding hydrogens is 585 g/mol. The van der Waals surface area contributed by atoms with Crippen LogP contribution in [0.1, 0.15) is 38.3 Å². The van der Waals surface area contributed by atoms with Gasteiger partial charge in [-0.25, -0.2) is 8.42 Å². The molecule has 11 heteroatoms. The van der Waals surface area contributed by atoms with E-state index in [1.807, 2.05) is 13.8 Å². The lowest BCUT2D eigenvalue weighted by atomic mass is 10.1. The van der Waals surface area contributed by atoms with Gasteiger partial charge in [0, 0.05) is 28.7 Å². The van der Waals surface area contributed by atoms with Gasteiger partial charge in [0.05, 0.1) is 17.2 Å². The normalized spacial score (nSPS) is 12.0. The molecule has 0 aliphatic rings. The number of carbonyl (C=O) groups excluding carboxylic acids is 2. The summed E-state index contributed by atoms with van der Waals surface area (Å²) in [6.45, 7) is 7.42. The summed E-state index contributed by atoms with van der Waals surface area (Å²) in [5, 5.41) is 3.43. The maximum absolute atomic E-state index is 14.1. The smallest absolute Gasteiger partial charge is 0.264 e. The van der Waals surface area contributed by atoms with Crippen LogP contribution < -0.4 is 14.4 Å². The van der Waals surface area contributed by atoms with Crippen molar-refractivity contribution < 1.29 is 22.7 Å². The van der Waals surface area contributed by atoms with Crippen molar-refractivity contribution in [2.75, 3.05) is 24.0 Å². The minimum atomic E-state index is -4.18. The average molecular weight is 621 g/mol. The molecule has 0 spiro atoms. The standard InChI is InChI=1S/C30H35Cl2N3O5S/c1-5-28(30(37)33-6-2)34(19-25-26(31)9-8-10-27(25)32)29(36)20-35(22-13-15-23(16-14-22)40-7-3)41(38,39)24-17-11-21(4)12-18-24/h8-18,28H,5-7,19-20H2,1-4H3,(H,33,37). The fourth-order valence-electron chi connectivity index (χ4n) is 4.31. The molecule has 2 amide bonds. The van der Waals surface area contributed by atoms with E-state index in [-0.39, 0.29) is 29.5 Å². The molecule has 1 unspecified atom stereocenters. The van der Waals surface area contributed by atoms with Crippen LogP contribution >= 0.6 is 23.2 Å². The molecule has 3 rings (SSSR count). The first-order chi connectivity index (χ1) is 19.5. The number of hydrogen-bond donors (Lipinski definition) is 1. The zero-order valence-corrected chi connectivity index (χ0v) is 25.9. The predicted octanol–water partition coefficient (Wildman–Crippen LogP) is 5.84. The predicted molar refractivity (Wildman–Crippen MR) is 163 cm³/mol. The third kappa shape index (κ3) is 7.93. The van der Waals surface area contributed by atoms with Crippen molar-refractivity contribution in [1.29, 1.82) is 0 Å². The van der Waals surface area contributed by atoms with Gasteiger partial charge in [0.15, 0.2) is 0 Å². The van der Waals surface area contributed by atoms with E-state index in [2.05, 4.69) is 5.32 Å². The Kier molecular flexibility index (Phi) is 11.5. The minimum Gasteiger partial charge on any atom is -0.494 e. The van der Waals surface area contributed by atoms with E-state index in [1.165, 1.54) is 17.0 Å². The highest BCUT2D eigenvalue weighted by atomic mass is 35.5. The monoisotopic (exact) mass is 619 g/mol. The van der Waals surface area contributed by atoms with E-state index in [9.17, 15) is 18.0 Å². The van der Waals surface area contributed by atoms with Gasteiger partial charge in [-0.1, -0.05) is 53.9 Å². The Morgan fingerprint density at radius 1 is 0.927 bits per heavy atom. The molecule has 1 atom stereocenters. The maximum atomic E-state index is 14.1. The number of likely N-dealkylation sites (N-methyl/N-ethyl adjacent to an activating group) is 1. The van der Waals surface area contributed by atoms with Gasteiger partial charge in [-0.15, -0.1) is 0 Å². The lowest BCUT2D eigenvalue weighted by molar-refractivity contribution is -0.140. The Bertz CT molecular complexity index is 1430. The highest BCUT2D eigenvalue weighted by Gasteiger charge is 2.34. The topological polar surface area (TPSA) is 96.0 Å². The van der Waals surface area contributed by atoms with Crippen molar-refractivity contribution in [3.8, 4) is 5.75 Å². The molecule has 0 aliphatic carbocycles. The molecule has 0 aromatic heterocycles. The van der Waals surface area contributed by atoms with Crippen molar-refractivity contribution in [1.82, 2.24) is 10.2 Å². The van der Waals surface area contributed by atoms with Gasteiger partial charge in [-0.3, -0.25) is 13.9 Å². The van der Waals surface area contributed by atoms with Crippen molar-refractivity contribution in [3.63, 3.8) is 0 Å². The van der Waals surface area contributed by atoms with Crippen LogP contribution in [0.4, 0.5) is 5.69 Å². The molecule has 8 nitrogen and oxygen atoms in total. The SMILES string of the molecule is CCNC(=O)C(CC)N(Cc1c(Cl)cccc1Cl)C(=O)CN(c1ccc(OCC)cc1)S(=O)(=O)c1ccc(C)cc1. The second kappa shape index (κ2) is 14.6. The van der Waals surface area contributed by atoms with Gasteiger partial charge in [-0.05, 0) is 75.7 Å². The molecule has 0 radical (unpaired) electrons. The molecule has 3 aromatic rings. The fourth-order valence-corrected chi connectivity index (χ4v) is 6.24. The van der Waals surface area contributed by atoms with Crippen LogP contribution in [0.25, 0.3) is 0 Å². The van der Waals surface area contributed by atoms with E-state index in [4.69, 9.17) is 27.9 Å². The average Bonchev–Trinajstić information content (AvgIpc) is 2.94. The lowest BCUT2D eigenvalue weighted by Gasteiger charge is -2.33. The summed E-state index contributed by atoms with van der Waals surface area (Å²) in [4.78, 5) is 28.5. The number of benzene rings is 3. The number of sulfonamides is 1. The molecule has 0 fully saturated rings.